The number of hydrogen-bond donors (Lipinski definition) is 1. The molecule has 2 rings (SSSR count). The van der Waals surface area contributed by atoms with Crippen LogP contribution in [-0.4, -0.2) is 12.6 Å². The Morgan fingerprint density at radius 1 is 1.31 bits per heavy atom. The van der Waals surface area contributed by atoms with E-state index in [1.807, 2.05) is 0 Å². The van der Waals surface area contributed by atoms with Crippen molar-refractivity contribution in [3.63, 3.8) is 0 Å². The van der Waals surface area contributed by atoms with E-state index in [9.17, 15) is 0 Å². The van der Waals surface area contributed by atoms with Gasteiger partial charge in [-0.3, -0.25) is 0 Å². The maximum atomic E-state index is 3.63. The van der Waals surface area contributed by atoms with Crippen molar-refractivity contribution in [1.29, 1.82) is 0 Å². The maximum absolute atomic E-state index is 3.63. The van der Waals surface area contributed by atoms with Crippen LogP contribution in [0.2, 0.25) is 0 Å². The quantitative estimate of drug-likeness (QED) is 0.817. The van der Waals surface area contributed by atoms with Gasteiger partial charge in [0.1, 0.15) is 0 Å². The van der Waals surface area contributed by atoms with Gasteiger partial charge in [-0.2, -0.15) is 0 Å². The molecule has 0 bridgehead atoms. The molecule has 1 nitrogen and oxygen atoms in total. The summed E-state index contributed by atoms with van der Waals surface area (Å²) >= 11 is 0. The molecule has 0 heterocycles. The van der Waals surface area contributed by atoms with E-state index in [0.29, 0.717) is 6.04 Å². The van der Waals surface area contributed by atoms with Crippen LogP contribution in [0.3, 0.4) is 0 Å². The molecule has 1 aliphatic rings. The fraction of sp³-hybridized carbons (Fsp3) is 0.600. The predicted octanol–water partition coefficient (Wildman–Crippen LogP) is 3.18. The Hall–Kier alpha value is -0.820. The smallest absolute Gasteiger partial charge is 0.00362 e. The van der Waals surface area contributed by atoms with Crippen molar-refractivity contribution >= 4 is 0 Å². The van der Waals surface area contributed by atoms with Crippen molar-refractivity contribution in [2.45, 2.75) is 45.6 Å². The van der Waals surface area contributed by atoms with Crippen molar-refractivity contribution in [2.24, 2.45) is 5.92 Å². The zero-order chi connectivity index (χ0) is 11.4. The first-order chi connectivity index (χ1) is 7.79. The molecule has 0 amide bonds. The van der Waals surface area contributed by atoms with Crippen molar-refractivity contribution in [2.75, 3.05) is 6.54 Å². The molecule has 0 fully saturated rings. The molecule has 0 saturated carbocycles. The van der Waals surface area contributed by atoms with Gasteiger partial charge in [0.25, 0.3) is 0 Å². The van der Waals surface area contributed by atoms with Gasteiger partial charge in [0.2, 0.25) is 0 Å². The Morgan fingerprint density at radius 3 is 2.81 bits per heavy atom. The van der Waals surface area contributed by atoms with E-state index in [1.54, 1.807) is 11.1 Å². The lowest BCUT2D eigenvalue weighted by Crippen LogP contribution is -2.33. The maximum Gasteiger partial charge on any atom is 0.00362 e. The van der Waals surface area contributed by atoms with Crippen LogP contribution < -0.4 is 5.32 Å². The summed E-state index contributed by atoms with van der Waals surface area (Å²) in [4.78, 5) is 0. The van der Waals surface area contributed by atoms with Gasteiger partial charge < -0.3 is 5.32 Å². The monoisotopic (exact) mass is 217 g/mol. The number of nitrogens with one attached hydrogen (secondary N) is 1. The molecule has 16 heavy (non-hydrogen) atoms. The largest absolute Gasteiger partial charge is 0.314 e. The Balaban J connectivity index is 1.88. The van der Waals surface area contributed by atoms with E-state index < -0.39 is 0 Å². The topological polar surface area (TPSA) is 12.0 Å². The zero-order valence-electron chi connectivity index (χ0n) is 10.5. The van der Waals surface area contributed by atoms with Crippen LogP contribution in [0.4, 0.5) is 0 Å². The van der Waals surface area contributed by atoms with Gasteiger partial charge in [-0.1, -0.05) is 31.2 Å². The molecular formula is C15H23N. The van der Waals surface area contributed by atoms with Crippen molar-refractivity contribution in [1.82, 2.24) is 5.32 Å². The SMILES string of the molecule is CCC(C)NCC1CCc2ccccc2C1. The lowest BCUT2D eigenvalue weighted by Gasteiger charge is -2.26. The summed E-state index contributed by atoms with van der Waals surface area (Å²) in [5.74, 6) is 0.837. The number of hydrogen-bond acceptors (Lipinski definition) is 1. The van der Waals surface area contributed by atoms with E-state index in [2.05, 4.69) is 43.4 Å². The molecule has 1 N–H and O–H groups in total. The van der Waals surface area contributed by atoms with Crippen LogP contribution in [0, 0.1) is 5.92 Å². The Labute approximate surface area is 99.3 Å². The highest BCUT2D eigenvalue weighted by atomic mass is 14.9. The molecule has 1 aromatic carbocycles. The fourth-order valence-electron chi connectivity index (χ4n) is 2.46. The molecule has 1 aromatic rings. The third-order valence-corrected chi connectivity index (χ3v) is 3.82. The third-order valence-electron chi connectivity index (χ3n) is 3.82. The number of fused-ring (bicyclic) bond motifs is 1. The first kappa shape index (κ1) is 11.7. The van der Waals surface area contributed by atoms with Crippen molar-refractivity contribution in [3.8, 4) is 0 Å². The average molecular weight is 217 g/mol. The second-order valence-electron chi connectivity index (χ2n) is 5.10. The van der Waals surface area contributed by atoms with Gasteiger partial charge >= 0.3 is 0 Å². The molecule has 0 radical (unpaired) electrons. The van der Waals surface area contributed by atoms with Gasteiger partial charge in [-0.25, -0.2) is 0 Å². The van der Waals surface area contributed by atoms with Gasteiger partial charge in [0.15, 0.2) is 0 Å². The summed E-state index contributed by atoms with van der Waals surface area (Å²) in [6.45, 7) is 5.70. The fourth-order valence-corrected chi connectivity index (χ4v) is 2.46. The standard InChI is InChI=1S/C15H23N/c1-3-12(2)16-11-13-8-9-14-6-4-5-7-15(14)10-13/h4-7,12-13,16H,3,8-11H2,1-2H3. The lowest BCUT2D eigenvalue weighted by molar-refractivity contribution is 0.395. The highest BCUT2D eigenvalue weighted by Gasteiger charge is 2.18. The summed E-state index contributed by atoms with van der Waals surface area (Å²) in [5.41, 5.74) is 3.15. The minimum absolute atomic E-state index is 0.664. The van der Waals surface area contributed by atoms with Crippen LogP contribution in [0.1, 0.15) is 37.8 Å². The molecule has 1 aliphatic carbocycles. The highest BCUT2D eigenvalue weighted by molar-refractivity contribution is 5.29. The number of aryl methyl sites for hydroxylation is 1. The second kappa shape index (κ2) is 5.49. The minimum atomic E-state index is 0.664. The average Bonchev–Trinajstić information content (AvgIpc) is 2.35. The molecule has 0 aliphatic heterocycles. The van der Waals surface area contributed by atoms with Crippen LogP contribution in [0.5, 0.6) is 0 Å². The van der Waals surface area contributed by atoms with Gasteiger partial charge in [0, 0.05) is 6.04 Å². The molecular weight excluding hydrogens is 194 g/mol. The van der Waals surface area contributed by atoms with E-state index in [1.165, 1.54) is 32.2 Å². The summed E-state index contributed by atoms with van der Waals surface area (Å²) in [6.07, 6.45) is 5.10. The Bertz CT molecular complexity index is 332. The summed E-state index contributed by atoms with van der Waals surface area (Å²) in [7, 11) is 0. The van der Waals surface area contributed by atoms with Gasteiger partial charge in [-0.05, 0) is 56.2 Å². The molecule has 2 unspecified atom stereocenters. The Morgan fingerprint density at radius 2 is 2.06 bits per heavy atom. The normalized spacial score (nSPS) is 21.5. The first-order valence-corrected chi connectivity index (χ1v) is 6.59. The van der Waals surface area contributed by atoms with Crippen molar-refractivity contribution < 1.29 is 0 Å². The second-order valence-corrected chi connectivity index (χ2v) is 5.10. The molecule has 88 valence electrons. The number of rotatable bonds is 4. The summed E-state index contributed by atoms with van der Waals surface area (Å²) in [6, 6.07) is 9.58. The third kappa shape index (κ3) is 2.85. The molecule has 0 saturated heterocycles. The molecule has 0 spiro atoms. The number of benzene rings is 1. The van der Waals surface area contributed by atoms with Crippen LogP contribution in [0.15, 0.2) is 24.3 Å². The van der Waals surface area contributed by atoms with Crippen LogP contribution in [-0.2, 0) is 12.8 Å². The molecule has 2 atom stereocenters. The first-order valence-electron chi connectivity index (χ1n) is 6.59. The van der Waals surface area contributed by atoms with E-state index in [-0.39, 0.29) is 0 Å². The van der Waals surface area contributed by atoms with E-state index >= 15 is 0 Å². The lowest BCUT2D eigenvalue weighted by atomic mass is 9.84. The summed E-state index contributed by atoms with van der Waals surface area (Å²) in [5, 5.41) is 3.63. The van der Waals surface area contributed by atoms with Gasteiger partial charge in [-0.15, -0.1) is 0 Å². The van der Waals surface area contributed by atoms with Crippen LogP contribution >= 0.6 is 0 Å². The predicted molar refractivity (Wildman–Crippen MR) is 69.7 cm³/mol. The van der Waals surface area contributed by atoms with E-state index in [0.717, 1.165) is 5.92 Å². The van der Waals surface area contributed by atoms with Crippen molar-refractivity contribution in [3.05, 3.63) is 35.4 Å². The van der Waals surface area contributed by atoms with E-state index in [4.69, 9.17) is 0 Å². The highest BCUT2D eigenvalue weighted by Crippen LogP contribution is 2.24. The Kier molecular flexibility index (Phi) is 4.00. The molecule has 0 aromatic heterocycles. The van der Waals surface area contributed by atoms with Crippen LogP contribution in [0.25, 0.3) is 0 Å². The minimum Gasteiger partial charge on any atom is -0.314 e. The zero-order valence-corrected chi connectivity index (χ0v) is 10.5. The summed E-state index contributed by atoms with van der Waals surface area (Å²) < 4.78 is 0. The molecule has 1 heteroatoms. The van der Waals surface area contributed by atoms with Gasteiger partial charge in [0.05, 0.1) is 0 Å².